The molecule has 2 atom stereocenters. The Morgan fingerprint density at radius 1 is 1.26 bits per heavy atom. The largest absolute Gasteiger partial charge is 0.395 e. The highest BCUT2D eigenvalue weighted by Crippen LogP contribution is 2.31. The van der Waals surface area contributed by atoms with Gasteiger partial charge in [0, 0.05) is 23.5 Å². The summed E-state index contributed by atoms with van der Waals surface area (Å²) in [5.74, 6) is 0. The molecule has 31 heavy (non-hydrogen) atoms. The second-order valence-corrected chi connectivity index (χ2v) is 9.81. The molecule has 11 heteroatoms. The number of sulfonamides is 1. The van der Waals surface area contributed by atoms with E-state index < -0.39 is 14.9 Å². The third-order valence-corrected chi connectivity index (χ3v) is 6.89. The summed E-state index contributed by atoms with van der Waals surface area (Å²) in [6.45, 7) is 5.20. The molecule has 2 aromatic rings. The zero-order valence-electron chi connectivity index (χ0n) is 17.5. The molecule has 2 rings (SSSR count). The molecule has 0 amide bonds. The van der Waals surface area contributed by atoms with Gasteiger partial charge in [0.05, 0.1) is 21.8 Å². The Morgan fingerprint density at radius 2 is 1.94 bits per heavy atom. The van der Waals surface area contributed by atoms with Gasteiger partial charge in [0.1, 0.15) is 5.69 Å². The lowest BCUT2D eigenvalue weighted by Crippen LogP contribution is -2.38. The van der Waals surface area contributed by atoms with Crippen molar-refractivity contribution in [2.45, 2.75) is 41.5 Å². The van der Waals surface area contributed by atoms with Gasteiger partial charge in [-0.15, -0.1) is 11.8 Å². The van der Waals surface area contributed by atoms with Crippen LogP contribution >= 0.6 is 11.8 Å². The number of likely N-dealkylation sites (N-methyl/N-ethyl adjacent to an activating group) is 1. The first kappa shape index (κ1) is 25.1. The minimum absolute atomic E-state index is 0.0183. The first-order valence-corrected chi connectivity index (χ1v) is 12.2. The van der Waals surface area contributed by atoms with Crippen molar-refractivity contribution in [2.24, 2.45) is 5.14 Å². The molecule has 9 nitrogen and oxygen atoms in total. The molecule has 0 aliphatic rings. The maximum Gasteiger partial charge on any atom is 0.293 e. The minimum Gasteiger partial charge on any atom is -0.395 e. The lowest BCUT2D eigenvalue weighted by Gasteiger charge is -2.32. The predicted octanol–water partition coefficient (Wildman–Crippen LogP) is 2.87. The van der Waals surface area contributed by atoms with Gasteiger partial charge in [-0.2, -0.15) is 0 Å². The van der Waals surface area contributed by atoms with Crippen molar-refractivity contribution in [1.82, 2.24) is 4.90 Å². The predicted molar refractivity (Wildman–Crippen MR) is 123 cm³/mol. The normalized spacial score (nSPS) is 13.7. The van der Waals surface area contributed by atoms with E-state index in [9.17, 15) is 23.6 Å². The second kappa shape index (κ2) is 11.4. The number of nitrogens with one attached hydrogen (secondary N) is 1. The third-order valence-electron chi connectivity index (χ3n) is 4.67. The van der Waals surface area contributed by atoms with Crippen molar-refractivity contribution in [1.29, 1.82) is 0 Å². The lowest BCUT2D eigenvalue weighted by atomic mass is 10.2. The first-order valence-electron chi connectivity index (χ1n) is 9.80. The standard InChI is InChI=1S/C20H28N4O5S2/c1-3-23(11-12-25)20(30-16-7-5-4-6-8-16)13-15(2)22-18-10-9-17(31(21,28)29)14-19(18)24(26)27/h4-10,14-15,20,22,25H,3,11-13H2,1-2H3,(H2,21,28,29)/t15-,20+/m1/s1. The smallest absolute Gasteiger partial charge is 0.293 e. The molecule has 0 saturated heterocycles. The number of hydrogen-bond donors (Lipinski definition) is 3. The molecule has 2 aromatic carbocycles. The summed E-state index contributed by atoms with van der Waals surface area (Å²) in [6, 6.07) is 13.3. The number of nitrogens with two attached hydrogens (primary N) is 1. The Labute approximate surface area is 186 Å². The molecule has 0 aliphatic carbocycles. The third kappa shape index (κ3) is 7.47. The average Bonchev–Trinajstić information content (AvgIpc) is 2.71. The van der Waals surface area contributed by atoms with Crippen molar-refractivity contribution >= 4 is 33.2 Å². The van der Waals surface area contributed by atoms with Crippen LogP contribution in [-0.4, -0.2) is 54.5 Å². The number of anilines is 1. The first-order chi connectivity index (χ1) is 14.7. The quantitative estimate of drug-likeness (QED) is 0.187. The van der Waals surface area contributed by atoms with Gasteiger partial charge >= 0.3 is 0 Å². The number of nitro groups is 1. The molecular weight excluding hydrogens is 440 g/mol. The van der Waals surface area contributed by atoms with Crippen molar-refractivity contribution in [2.75, 3.05) is 25.0 Å². The fourth-order valence-electron chi connectivity index (χ4n) is 3.15. The van der Waals surface area contributed by atoms with E-state index in [1.54, 1.807) is 11.8 Å². The van der Waals surface area contributed by atoms with Gasteiger partial charge in [-0.05, 0) is 44.2 Å². The van der Waals surface area contributed by atoms with Gasteiger partial charge in [0.25, 0.3) is 5.69 Å². The zero-order chi connectivity index (χ0) is 23.0. The molecule has 0 heterocycles. The number of rotatable bonds is 12. The number of benzene rings is 2. The van der Waals surface area contributed by atoms with Gasteiger partial charge in [-0.25, -0.2) is 13.6 Å². The Kier molecular flexibility index (Phi) is 9.26. The molecule has 0 radical (unpaired) electrons. The van der Waals surface area contributed by atoms with E-state index in [2.05, 4.69) is 10.2 Å². The van der Waals surface area contributed by atoms with Gasteiger partial charge < -0.3 is 10.4 Å². The van der Waals surface area contributed by atoms with Crippen molar-refractivity contribution < 1.29 is 18.4 Å². The van der Waals surface area contributed by atoms with Crippen molar-refractivity contribution in [3.63, 3.8) is 0 Å². The molecular formula is C20H28N4O5S2. The zero-order valence-corrected chi connectivity index (χ0v) is 19.1. The van der Waals surface area contributed by atoms with Crippen LogP contribution < -0.4 is 10.5 Å². The van der Waals surface area contributed by atoms with Crippen LogP contribution in [0.25, 0.3) is 0 Å². The van der Waals surface area contributed by atoms with Crippen LogP contribution in [0.1, 0.15) is 20.3 Å². The fourth-order valence-corrected chi connectivity index (χ4v) is 5.10. The number of nitrogens with zero attached hydrogens (tertiary/aromatic N) is 2. The molecule has 0 aromatic heterocycles. The van der Waals surface area contributed by atoms with E-state index in [1.165, 1.54) is 12.1 Å². The van der Waals surface area contributed by atoms with Gasteiger partial charge in [-0.3, -0.25) is 15.0 Å². The van der Waals surface area contributed by atoms with Crippen molar-refractivity contribution in [3.8, 4) is 0 Å². The summed E-state index contributed by atoms with van der Waals surface area (Å²) in [4.78, 5) is 13.8. The summed E-state index contributed by atoms with van der Waals surface area (Å²) in [5, 5.41) is 29.2. The maximum atomic E-state index is 11.5. The summed E-state index contributed by atoms with van der Waals surface area (Å²) in [5.41, 5.74) is -0.132. The van der Waals surface area contributed by atoms with Gasteiger partial charge in [0.15, 0.2) is 0 Å². The molecule has 170 valence electrons. The summed E-state index contributed by atoms with van der Waals surface area (Å²) in [6.07, 6.45) is 0.626. The maximum absolute atomic E-state index is 11.5. The van der Waals surface area contributed by atoms with Crippen LogP contribution in [0.15, 0.2) is 58.3 Å². The van der Waals surface area contributed by atoms with E-state index >= 15 is 0 Å². The SMILES string of the molecule is CCN(CCO)[C@H](C[C@@H](C)Nc1ccc(S(N)(=O)=O)cc1[N+](=O)[O-])Sc1ccccc1. The number of hydrogen-bond acceptors (Lipinski definition) is 8. The minimum atomic E-state index is -4.04. The Balaban J connectivity index is 2.23. The van der Waals surface area contributed by atoms with Gasteiger partial charge in [-0.1, -0.05) is 25.1 Å². The Morgan fingerprint density at radius 3 is 2.48 bits per heavy atom. The van der Waals surface area contributed by atoms with Gasteiger partial charge in [0.2, 0.25) is 10.0 Å². The highest BCUT2D eigenvalue weighted by molar-refractivity contribution is 7.99. The number of primary sulfonamides is 1. The number of aliphatic hydroxyl groups is 1. The number of aliphatic hydroxyl groups excluding tert-OH is 1. The number of nitro benzene ring substituents is 1. The van der Waals surface area contributed by atoms with Crippen LogP contribution in [-0.2, 0) is 10.0 Å². The molecule has 4 N–H and O–H groups in total. The molecule has 0 bridgehead atoms. The summed E-state index contributed by atoms with van der Waals surface area (Å²) >= 11 is 1.66. The van der Waals surface area contributed by atoms with E-state index in [4.69, 9.17) is 5.14 Å². The Hall–Kier alpha value is -2.18. The second-order valence-electron chi connectivity index (χ2n) is 7.00. The van der Waals surface area contributed by atoms with E-state index in [0.717, 1.165) is 17.5 Å². The molecule has 0 fully saturated rings. The van der Waals surface area contributed by atoms with Crippen LogP contribution in [0.5, 0.6) is 0 Å². The van der Waals surface area contributed by atoms with E-state index in [-0.39, 0.29) is 34.3 Å². The number of thioether (sulfide) groups is 1. The van der Waals surface area contributed by atoms with Crippen LogP contribution in [0.2, 0.25) is 0 Å². The van der Waals surface area contributed by atoms with Crippen LogP contribution in [0.4, 0.5) is 11.4 Å². The average molecular weight is 469 g/mol. The topological polar surface area (TPSA) is 139 Å². The monoisotopic (exact) mass is 468 g/mol. The van der Waals surface area contributed by atoms with E-state index in [1.807, 2.05) is 44.2 Å². The Bertz CT molecular complexity index is 973. The fraction of sp³-hybridized carbons (Fsp3) is 0.400. The summed E-state index contributed by atoms with van der Waals surface area (Å²) in [7, 11) is -4.04. The molecule has 0 aliphatic heterocycles. The summed E-state index contributed by atoms with van der Waals surface area (Å²) < 4.78 is 23.1. The van der Waals surface area contributed by atoms with Crippen LogP contribution in [0.3, 0.4) is 0 Å². The van der Waals surface area contributed by atoms with Crippen LogP contribution in [0, 0.1) is 10.1 Å². The lowest BCUT2D eigenvalue weighted by molar-refractivity contribution is -0.384. The molecule has 0 unspecified atom stereocenters. The highest BCUT2D eigenvalue weighted by Gasteiger charge is 2.24. The van der Waals surface area contributed by atoms with E-state index in [0.29, 0.717) is 13.0 Å². The molecule has 0 saturated carbocycles. The molecule has 0 spiro atoms. The highest BCUT2D eigenvalue weighted by atomic mass is 32.2. The van der Waals surface area contributed by atoms with Crippen molar-refractivity contribution in [3.05, 3.63) is 58.6 Å².